The molecule has 0 saturated carbocycles. The Morgan fingerprint density at radius 1 is 1.53 bits per heavy atom. The van der Waals surface area contributed by atoms with Crippen LogP contribution in [0.2, 0.25) is 0 Å². The Morgan fingerprint density at radius 2 is 2.26 bits per heavy atom. The SMILES string of the molecule is CC1CN(C(=O)c2cncnc2C(C)C)CCN1.Cl. The summed E-state index contributed by atoms with van der Waals surface area (Å²) in [5.41, 5.74) is 1.47. The van der Waals surface area contributed by atoms with Gasteiger partial charge in [0.15, 0.2) is 0 Å². The molecule has 0 aliphatic carbocycles. The Balaban J connectivity index is 0.00000180. The van der Waals surface area contributed by atoms with Crippen molar-refractivity contribution in [2.24, 2.45) is 0 Å². The molecule has 0 spiro atoms. The van der Waals surface area contributed by atoms with Crippen LogP contribution in [-0.2, 0) is 0 Å². The molecule has 0 aromatic carbocycles. The van der Waals surface area contributed by atoms with Crippen molar-refractivity contribution in [3.8, 4) is 0 Å². The van der Waals surface area contributed by atoms with Gasteiger partial charge in [-0.3, -0.25) is 4.79 Å². The van der Waals surface area contributed by atoms with Gasteiger partial charge >= 0.3 is 0 Å². The van der Waals surface area contributed by atoms with Crippen LogP contribution >= 0.6 is 12.4 Å². The van der Waals surface area contributed by atoms with E-state index in [0.29, 0.717) is 11.6 Å². The molecular weight excluding hydrogens is 264 g/mol. The number of halogens is 1. The molecule has 1 fully saturated rings. The fourth-order valence-electron chi connectivity index (χ4n) is 2.25. The number of hydrogen-bond acceptors (Lipinski definition) is 4. The van der Waals surface area contributed by atoms with Crippen molar-refractivity contribution >= 4 is 18.3 Å². The molecule has 1 unspecified atom stereocenters. The summed E-state index contributed by atoms with van der Waals surface area (Å²) in [7, 11) is 0. The Labute approximate surface area is 120 Å². The van der Waals surface area contributed by atoms with Gasteiger partial charge in [0.25, 0.3) is 5.91 Å². The Kier molecular flexibility index (Phi) is 5.69. The molecule has 1 aromatic heterocycles. The van der Waals surface area contributed by atoms with E-state index in [9.17, 15) is 4.79 Å². The molecule has 0 bridgehead atoms. The summed E-state index contributed by atoms with van der Waals surface area (Å²) < 4.78 is 0. The standard InChI is InChI=1S/C13H20N4O.ClH/c1-9(2)12-11(6-14-8-16-12)13(18)17-5-4-15-10(3)7-17;/h6,8-10,15H,4-5,7H2,1-3H3;1H. The smallest absolute Gasteiger partial charge is 0.257 e. The van der Waals surface area contributed by atoms with E-state index in [1.54, 1.807) is 6.20 Å². The number of aromatic nitrogens is 2. The molecule has 5 nitrogen and oxygen atoms in total. The monoisotopic (exact) mass is 284 g/mol. The molecule has 1 atom stereocenters. The van der Waals surface area contributed by atoms with Crippen LogP contribution in [0.4, 0.5) is 0 Å². The normalized spacial score (nSPS) is 19.2. The Morgan fingerprint density at radius 3 is 2.89 bits per heavy atom. The van der Waals surface area contributed by atoms with Gasteiger partial charge in [0.1, 0.15) is 6.33 Å². The largest absolute Gasteiger partial charge is 0.336 e. The first-order chi connectivity index (χ1) is 8.59. The van der Waals surface area contributed by atoms with Gasteiger partial charge in [-0.15, -0.1) is 12.4 Å². The summed E-state index contributed by atoms with van der Waals surface area (Å²) in [6.07, 6.45) is 3.14. The van der Waals surface area contributed by atoms with Crippen LogP contribution < -0.4 is 5.32 Å². The van der Waals surface area contributed by atoms with Crippen molar-refractivity contribution in [3.05, 3.63) is 23.8 Å². The third kappa shape index (κ3) is 3.64. The van der Waals surface area contributed by atoms with E-state index in [2.05, 4.69) is 22.2 Å². The predicted octanol–water partition coefficient (Wildman–Crippen LogP) is 1.46. The first kappa shape index (κ1) is 15.9. The maximum atomic E-state index is 12.5. The molecule has 1 N–H and O–H groups in total. The van der Waals surface area contributed by atoms with Gasteiger partial charge in [-0.25, -0.2) is 9.97 Å². The summed E-state index contributed by atoms with van der Waals surface area (Å²) >= 11 is 0. The maximum absolute atomic E-state index is 12.5. The quantitative estimate of drug-likeness (QED) is 0.893. The lowest BCUT2D eigenvalue weighted by molar-refractivity contribution is 0.0706. The lowest BCUT2D eigenvalue weighted by atomic mass is 10.0. The Hall–Kier alpha value is -1.20. The third-order valence-corrected chi connectivity index (χ3v) is 3.18. The number of nitrogens with zero attached hydrogens (tertiary/aromatic N) is 3. The fraction of sp³-hybridized carbons (Fsp3) is 0.615. The third-order valence-electron chi connectivity index (χ3n) is 3.18. The van der Waals surface area contributed by atoms with Gasteiger partial charge in [-0.2, -0.15) is 0 Å². The van der Waals surface area contributed by atoms with Crippen molar-refractivity contribution < 1.29 is 4.79 Å². The van der Waals surface area contributed by atoms with Crippen LogP contribution in [0.25, 0.3) is 0 Å². The van der Waals surface area contributed by atoms with Gasteiger partial charge in [-0.1, -0.05) is 13.8 Å². The van der Waals surface area contributed by atoms with Crippen LogP contribution in [-0.4, -0.2) is 46.5 Å². The average Bonchev–Trinajstić information content (AvgIpc) is 2.38. The lowest BCUT2D eigenvalue weighted by Gasteiger charge is -2.32. The minimum absolute atomic E-state index is 0. The molecule has 1 aliphatic heterocycles. The van der Waals surface area contributed by atoms with Gasteiger partial charge < -0.3 is 10.2 Å². The highest BCUT2D eigenvalue weighted by Crippen LogP contribution is 2.17. The van der Waals surface area contributed by atoms with Gasteiger partial charge in [0.05, 0.1) is 11.3 Å². The highest BCUT2D eigenvalue weighted by molar-refractivity contribution is 5.95. The number of amides is 1. The fourth-order valence-corrected chi connectivity index (χ4v) is 2.25. The molecule has 1 aliphatic rings. The zero-order chi connectivity index (χ0) is 13.1. The number of rotatable bonds is 2. The molecule has 19 heavy (non-hydrogen) atoms. The number of carbonyl (C=O) groups is 1. The van der Waals surface area contributed by atoms with Crippen LogP contribution in [0, 0.1) is 0 Å². The van der Waals surface area contributed by atoms with E-state index >= 15 is 0 Å². The lowest BCUT2D eigenvalue weighted by Crippen LogP contribution is -2.51. The van der Waals surface area contributed by atoms with Crippen LogP contribution in [0.5, 0.6) is 0 Å². The van der Waals surface area contributed by atoms with Gasteiger partial charge in [0.2, 0.25) is 0 Å². The van der Waals surface area contributed by atoms with E-state index in [-0.39, 0.29) is 24.2 Å². The van der Waals surface area contributed by atoms with Crippen molar-refractivity contribution in [1.29, 1.82) is 0 Å². The van der Waals surface area contributed by atoms with Crippen molar-refractivity contribution in [1.82, 2.24) is 20.2 Å². The van der Waals surface area contributed by atoms with Gasteiger partial charge in [-0.05, 0) is 12.8 Å². The molecule has 1 amide bonds. The van der Waals surface area contributed by atoms with E-state index in [1.165, 1.54) is 6.33 Å². The van der Waals surface area contributed by atoms with Crippen LogP contribution in [0.15, 0.2) is 12.5 Å². The van der Waals surface area contributed by atoms with Crippen LogP contribution in [0.1, 0.15) is 42.7 Å². The van der Waals surface area contributed by atoms with E-state index in [4.69, 9.17) is 0 Å². The van der Waals surface area contributed by atoms with Crippen molar-refractivity contribution in [2.75, 3.05) is 19.6 Å². The summed E-state index contributed by atoms with van der Waals surface area (Å²) in [4.78, 5) is 22.6. The van der Waals surface area contributed by atoms with E-state index in [0.717, 1.165) is 25.3 Å². The highest BCUT2D eigenvalue weighted by Gasteiger charge is 2.24. The molecule has 0 radical (unpaired) electrons. The zero-order valence-electron chi connectivity index (χ0n) is 11.6. The van der Waals surface area contributed by atoms with Gasteiger partial charge in [0, 0.05) is 31.9 Å². The second kappa shape index (κ2) is 6.82. The maximum Gasteiger partial charge on any atom is 0.257 e. The molecule has 2 rings (SSSR count). The van der Waals surface area contributed by atoms with Crippen molar-refractivity contribution in [2.45, 2.75) is 32.7 Å². The summed E-state index contributed by atoms with van der Waals surface area (Å²) in [6, 6.07) is 0.342. The van der Waals surface area contributed by atoms with E-state index in [1.807, 2.05) is 18.7 Å². The first-order valence-corrected chi connectivity index (χ1v) is 6.42. The number of hydrogen-bond donors (Lipinski definition) is 1. The minimum atomic E-state index is 0. The second-order valence-electron chi connectivity index (χ2n) is 5.08. The zero-order valence-corrected chi connectivity index (χ0v) is 12.4. The predicted molar refractivity (Wildman–Crippen MR) is 76.7 cm³/mol. The summed E-state index contributed by atoms with van der Waals surface area (Å²) in [5.74, 6) is 0.278. The minimum Gasteiger partial charge on any atom is -0.336 e. The Bertz CT molecular complexity index is 438. The number of nitrogens with one attached hydrogen (secondary N) is 1. The summed E-state index contributed by atoms with van der Waals surface area (Å²) in [6.45, 7) is 8.50. The number of piperazine rings is 1. The molecule has 1 aromatic rings. The first-order valence-electron chi connectivity index (χ1n) is 6.42. The molecule has 6 heteroatoms. The topological polar surface area (TPSA) is 58.1 Å². The average molecular weight is 285 g/mol. The second-order valence-corrected chi connectivity index (χ2v) is 5.08. The highest BCUT2D eigenvalue weighted by atomic mass is 35.5. The molecule has 106 valence electrons. The summed E-state index contributed by atoms with van der Waals surface area (Å²) in [5, 5.41) is 3.33. The van der Waals surface area contributed by atoms with Crippen LogP contribution in [0.3, 0.4) is 0 Å². The molecule has 1 saturated heterocycles. The van der Waals surface area contributed by atoms with Crippen molar-refractivity contribution in [3.63, 3.8) is 0 Å². The number of carbonyl (C=O) groups excluding carboxylic acids is 1. The molecular formula is C13H21ClN4O. The molecule has 2 heterocycles. The van der Waals surface area contributed by atoms with E-state index < -0.39 is 0 Å².